The summed E-state index contributed by atoms with van der Waals surface area (Å²) < 4.78 is 5.65. The highest BCUT2D eigenvalue weighted by atomic mass is 32.2. The largest absolute Gasteiger partial charge is 0.489 e. The van der Waals surface area contributed by atoms with E-state index in [9.17, 15) is 0 Å². The summed E-state index contributed by atoms with van der Waals surface area (Å²) >= 11 is 1.66. The lowest BCUT2D eigenvalue weighted by atomic mass is 10.3. The first-order valence-corrected chi connectivity index (χ1v) is 5.95. The third-order valence-corrected chi connectivity index (χ3v) is 2.94. The summed E-state index contributed by atoms with van der Waals surface area (Å²) in [7, 11) is 0. The first kappa shape index (κ1) is 9.80. The summed E-state index contributed by atoms with van der Waals surface area (Å²) in [6.07, 6.45) is 6.56. The zero-order valence-electron chi connectivity index (χ0n) is 8.19. The Morgan fingerprint density at radius 2 is 2.43 bits per heavy atom. The van der Waals surface area contributed by atoms with E-state index in [-0.39, 0.29) is 0 Å². The van der Waals surface area contributed by atoms with Gasteiger partial charge in [0.2, 0.25) is 0 Å². The van der Waals surface area contributed by atoms with Gasteiger partial charge in [-0.1, -0.05) is 0 Å². The highest BCUT2D eigenvalue weighted by Crippen LogP contribution is 2.29. The minimum Gasteiger partial charge on any atom is -0.489 e. The van der Waals surface area contributed by atoms with Crippen molar-refractivity contribution in [3.63, 3.8) is 0 Å². The van der Waals surface area contributed by atoms with E-state index in [0.29, 0.717) is 12.6 Å². The van der Waals surface area contributed by atoms with Crippen molar-refractivity contribution in [1.82, 2.24) is 4.98 Å². The van der Waals surface area contributed by atoms with Gasteiger partial charge in [-0.3, -0.25) is 4.98 Å². The molecule has 2 N–H and O–H groups in total. The molecule has 14 heavy (non-hydrogen) atoms. The molecule has 2 rings (SSSR count). The molecule has 1 aromatic rings. The number of ether oxygens (including phenoxy) is 1. The molecule has 0 aromatic carbocycles. The van der Waals surface area contributed by atoms with Gasteiger partial charge in [-0.15, -0.1) is 11.8 Å². The van der Waals surface area contributed by atoms with Crippen LogP contribution in [0.15, 0.2) is 17.2 Å². The molecule has 0 bridgehead atoms. The molecule has 0 radical (unpaired) electrons. The van der Waals surface area contributed by atoms with Crippen molar-refractivity contribution in [3.8, 4) is 5.75 Å². The van der Waals surface area contributed by atoms with Crippen molar-refractivity contribution in [2.24, 2.45) is 5.73 Å². The lowest BCUT2D eigenvalue weighted by Crippen LogP contribution is -2.03. The van der Waals surface area contributed by atoms with Crippen molar-refractivity contribution in [1.29, 1.82) is 0 Å². The van der Waals surface area contributed by atoms with Gasteiger partial charge in [-0.05, 0) is 25.2 Å². The van der Waals surface area contributed by atoms with Crippen molar-refractivity contribution in [2.45, 2.75) is 30.4 Å². The van der Waals surface area contributed by atoms with E-state index in [2.05, 4.69) is 4.98 Å². The van der Waals surface area contributed by atoms with Gasteiger partial charge in [0.05, 0.1) is 18.0 Å². The maximum absolute atomic E-state index is 5.65. The quantitative estimate of drug-likeness (QED) is 0.770. The van der Waals surface area contributed by atoms with E-state index in [1.807, 2.05) is 12.3 Å². The number of hydrogen-bond donors (Lipinski definition) is 1. The Hall–Kier alpha value is -0.740. The Balaban J connectivity index is 2.16. The molecule has 0 spiro atoms. The Kier molecular flexibility index (Phi) is 2.93. The topological polar surface area (TPSA) is 48.1 Å². The first-order chi connectivity index (χ1) is 6.83. The molecule has 1 aromatic heterocycles. The highest BCUT2D eigenvalue weighted by molar-refractivity contribution is 7.98. The standard InChI is InChI=1S/C10H14N2OS/c1-14-10-4-8(13-7-2-3-7)6-12-9(10)5-11/h4,6-7H,2-3,5,11H2,1H3. The zero-order valence-corrected chi connectivity index (χ0v) is 9.01. The SMILES string of the molecule is CSc1cc(OC2CC2)cnc1CN. The molecule has 0 aliphatic heterocycles. The van der Waals surface area contributed by atoms with Crippen LogP contribution in [0.25, 0.3) is 0 Å². The molecule has 1 heterocycles. The van der Waals surface area contributed by atoms with Gasteiger partial charge in [0.1, 0.15) is 5.75 Å². The number of rotatable bonds is 4. The second kappa shape index (κ2) is 4.19. The molecule has 0 saturated heterocycles. The molecule has 1 aliphatic carbocycles. The van der Waals surface area contributed by atoms with Crippen molar-refractivity contribution in [2.75, 3.05) is 6.26 Å². The van der Waals surface area contributed by atoms with Crippen LogP contribution in [0.5, 0.6) is 5.75 Å². The highest BCUT2D eigenvalue weighted by Gasteiger charge is 2.23. The summed E-state index contributed by atoms with van der Waals surface area (Å²) in [5.41, 5.74) is 6.52. The van der Waals surface area contributed by atoms with Crippen LogP contribution in [-0.2, 0) is 6.54 Å². The van der Waals surface area contributed by atoms with Crippen LogP contribution < -0.4 is 10.5 Å². The van der Waals surface area contributed by atoms with Crippen LogP contribution >= 0.6 is 11.8 Å². The molecule has 0 amide bonds. The van der Waals surface area contributed by atoms with E-state index < -0.39 is 0 Å². The summed E-state index contributed by atoms with van der Waals surface area (Å²) in [6, 6.07) is 2.03. The third-order valence-electron chi connectivity index (χ3n) is 2.15. The van der Waals surface area contributed by atoms with Crippen molar-refractivity contribution in [3.05, 3.63) is 18.0 Å². The molecule has 4 heteroatoms. The first-order valence-electron chi connectivity index (χ1n) is 4.73. The van der Waals surface area contributed by atoms with Crippen LogP contribution in [0, 0.1) is 0 Å². The average molecular weight is 210 g/mol. The monoisotopic (exact) mass is 210 g/mol. The van der Waals surface area contributed by atoms with Crippen LogP contribution in [0.4, 0.5) is 0 Å². The van der Waals surface area contributed by atoms with Crippen LogP contribution in [0.2, 0.25) is 0 Å². The molecule has 0 atom stereocenters. The molecule has 1 fully saturated rings. The van der Waals surface area contributed by atoms with Gasteiger partial charge in [0.15, 0.2) is 0 Å². The number of pyridine rings is 1. The smallest absolute Gasteiger partial charge is 0.139 e. The predicted octanol–water partition coefficient (Wildman–Crippen LogP) is 1.80. The fourth-order valence-corrected chi connectivity index (χ4v) is 1.83. The molecule has 1 saturated carbocycles. The van der Waals surface area contributed by atoms with E-state index in [0.717, 1.165) is 16.3 Å². The molecule has 3 nitrogen and oxygen atoms in total. The average Bonchev–Trinajstić information content (AvgIpc) is 3.01. The second-order valence-corrected chi connectivity index (χ2v) is 4.19. The summed E-state index contributed by atoms with van der Waals surface area (Å²) in [5.74, 6) is 0.869. The fraction of sp³-hybridized carbons (Fsp3) is 0.500. The van der Waals surface area contributed by atoms with E-state index in [1.165, 1.54) is 12.8 Å². The Morgan fingerprint density at radius 3 is 3.00 bits per heavy atom. The molecule has 76 valence electrons. The number of aromatic nitrogens is 1. The minimum atomic E-state index is 0.426. The van der Waals surface area contributed by atoms with Gasteiger partial charge in [0, 0.05) is 11.4 Å². The zero-order chi connectivity index (χ0) is 9.97. The Bertz CT molecular complexity index is 326. The van der Waals surface area contributed by atoms with E-state index >= 15 is 0 Å². The fourth-order valence-electron chi connectivity index (χ4n) is 1.23. The maximum Gasteiger partial charge on any atom is 0.139 e. The molecular weight excluding hydrogens is 196 g/mol. The number of thioether (sulfide) groups is 1. The summed E-state index contributed by atoms with van der Waals surface area (Å²) in [5, 5.41) is 0. The lowest BCUT2D eigenvalue weighted by Gasteiger charge is -2.08. The molecule has 1 aliphatic rings. The van der Waals surface area contributed by atoms with Gasteiger partial charge in [0.25, 0.3) is 0 Å². The van der Waals surface area contributed by atoms with Gasteiger partial charge in [-0.2, -0.15) is 0 Å². The number of nitrogens with two attached hydrogens (primary N) is 1. The van der Waals surface area contributed by atoms with E-state index in [1.54, 1.807) is 18.0 Å². The van der Waals surface area contributed by atoms with Crippen LogP contribution in [-0.4, -0.2) is 17.3 Å². The van der Waals surface area contributed by atoms with Gasteiger partial charge >= 0.3 is 0 Å². The van der Waals surface area contributed by atoms with E-state index in [4.69, 9.17) is 10.5 Å². The van der Waals surface area contributed by atoms with Crippen LogP contribution in [0.3, 0.4) is 0 Å². The van der Waals surface area contributed by atoms with Gasteiger partial charge < -0.3 is 10.5 Å². The lowest BCUT2D eigenvalue weighted by molar-refractivity contribution is 0.301. The Labute approximate surface area is 88.0 Å². The summed E-state index contributed by atoms with van der Waals surface area (Å²) in [4.78, 5) is 5.39. The second-order valence-electron chi connectivity index (χ2n) is 3.34. The normalized spacial score (nSPS) is 15.6. The predicted molar refractivity (Wildman–Crippen MR) is 57.6 cm³/mol. The van der Waals surface area contributed by atoms with Crippen LogP contribution in [0.1, 0.15) is 18.5 Å². The third kappa shape index (κ3) is 2.19. The van der Waals surface area contributed by atoms with Crippen molar-refractivity contribution < 1.29 is 4.74 Å². The maximum atomic E-state index is 5.65. The Morgan fingerprint density at radius 1 is 1.64 bits per heavy atom. The van der Waals surface area contributed by atoms with Crippen molar-refractivity contribution >= 4 is 11.8 Å². The molecular formula is C10H14N2OS. The summed E-state index contributed by atoms with van der Waals surface area (Å²) in [6.45, 7) is 0.486. The van der Waals surface area contributed by atoms with Gasteiger partial charge in [-0.25, -0.2) is 0 Å². The molecule has 0 unspecified atom stereocenters. The minimum absolute atomic E-state index is 0.426. The number of hydrogen-bond acceptors (Lipinski definition) is 4. The number of nitrogens with zero attached hydrogens (tertiary/aromatic N) is 1.